The molecule has 6 nitrogen and oxygen atoms in total. The molecule has 1 aliphatic heterocycles. The lowest BCUT2D eigenvalue weighted by Gasteiger charge is -2.20. The summed E-state index contributed by atoms with van der Waals surface area (Å²) in [5.41, 5.74) is 1.12. The number of likely N-dealkylation sites (tertiary alicyclic amines) is 1. The minimum Gasteiger partial charge on any atom is -0.483 e. The van der Waals surface area contributed by atoms with Crippen LogP contribution in [0.15, 0.2) is 53.0 Å². The highest BCUT2D eigenvalue weighted by atomic mass is 79.9. The molecular formula is C23H28BrN3O3. The van der Waals surface area contributed by atoms with Crippen LogP contribution in [-0.4, -0.2) is 49.0 Å². The molecule has 2 aromatic rings. The molecule has 1 saturated heterocycles. The maximum atomic E-state index is 12.7. The normalized spacial score (nSPS) is 16.5. The molecule has 7 heteroatoms. The van der Waals surface area contributed by atoms with E-state index in [2.05, 4.69) is 45.3 Å². The van der Waals surface area contributed by atoms with E-state index in [4.69, 9.17) is 4.74 Å². The third kappa shape index (κ3) is 6.31. The summed E-state index contributed by atoms with van der Waals surface area (Å²) in [6, 6.07) is 14.8. The Balaban J connectivity index is 1.51. The summed E-state index contributed by atoms with van der Waals surface area (Å²) in [6.45, 7) is 6.94. The Morgan fingerprint density at radius 3 is 2.60 bits per heavy atom. The van der Waals surface area contributed by atoms with Crippen molar-refractivity contribution in [1.29, 1.82) is 0 Å². The zero-order valence-corrected chi connectivity index (χ0v) is 18.9. The fourth-order valence-corrected chi connectivity index (χ4v) is 3.75. The van der Waals surface area contributed by atoms with Crippen LogP contribution in [0.4, 0.5) is 5.69 Å². The fourth-order valence-electron chi connectivity index (χ4n) is 3.48. The Morgan fingerprint density at radius 2 is 1.90 bits per heavy atom. The molecule has 1 unspecified atom stereocenters. The number of nitrogens with zero attached hydrogens (tertiary/aromatic N) is 1. The largest absolute Gasteiger partial charge is 0.483 e. The molecule has 160 valence electrons. The van der Waals surface area contributed by atoms with Gasteiger partial charge in [-0.3, -0.25) is 9.59 Å². The summed E-state index contributed by atoms with van der Waals surface area (Å²) < 4.78 is 6.58. The summed E-state index contributed by atoms with van der Waals surface area (Å²) in [5, 5.41) is 5.80. The zero-order chi connectivity index (χ0) is 21.5. The van der Waals surface area contributed by atoms with E-state index in [9.17, 15) is 9.59 Å². The van der Waals surface area contributed by atoms with Crippen molar-refractivity contribution in [2.45, 2.75) is 26.3 Å². The highest BCUT2D eigenvalue weighted by Gasteiger charge is 2.25. The highest BCUT2D eigenvalue weighted by molar-refractivity contribution is 9.10. The summed E-state index contributed by atoms with van der Waals surface area (Å²) in [5.74, 6) is 0.395. The van der Waals surface area contributed by atoms with Gasteiger partial charge in [0.2, 0.25) is 0 Å². The smallest absolute Gasteiger partial charge is 0.262 e. The van der Waals surface area contributed by atoms with Crippen molar-refractivity contribution in [1.82, 2.24) is 10.2 Å². The Morgan fingerprint density at radius 1 is 1.17 bits per heavy atom. The third-order valence-corrected chi connectivity index (χ3v) is 5.75. The van der Waals surface area contributed by atoms with E-state index >= 15 is 0 Å². The van der Waals surface area contributed by atoms with Crippen molar-refractivity contribution >= 4 is 33.4 Å². The quantitative estimate of drug-likeness (QED) is 0.609. The van der Waals surface area contributed by atoms with Gasteiger partial charge in [0.1, 0.15) is 5.75 Å². The summed E-state index contributed by atoms with van der Waals surface area (Å²) in [6.07, 6.45) is 1.09. The zero-order valence-electron chi connectivity index (χ0n) is 17.4. The second kappa shape index (κ2) is 10.6. The topological polar surface area (TPSA) is 70.7 Å². The lowest BCUT2D eigenvalue weighted by Crippen LogP contribution is -2.33. The third-order valence-electron chi connectivity index (χ3n) is 5.22. The Hall–Kier alpha value is -2.38. The molecule has 0 radical (unpaired) electrons. The maximum Gasteiger partial charge on any atom is 0.262 e. The van der Waals surface area contributed by atoms with Crippen LogP contribution in [0.25, 0.3) is 0 Å². The van der Waals surface area contributed by atoms with Crippen LogP contribution in [-0.2, 0) is 4.79 Å². The van der Waals surface area contributed by atoms with Crippen molar-refractivity contribution in [2.24, 2.45) is 5.92 Å². The molecule has 1 heterocycles. The molecular weight excluding hydrogens is 446 g/mol. The summed E-state index contributed by atoms with van der Waals surface area (Å²) >= 11 is 3.36. The monoisotopic (exact) mass is 473 g/mol. The number of hydrogen-bond acceptors (Lipinski definition) is 4. The summed E-state index contributed by atoms with van der Waals surface area (Å²) in [4.78, 5) is 27.3. The molecule has 2 amide bonds. The minimum absolute atomic E-state index is 0.174. The predicted octanol–water partition coefficient (Wildman–Crippen LogP) is 3.93. The van der Waals surface area contributed by atoms with Gasteiger partial charge in [0, 0.05) is 29.3 Å². The minimum atomic E-state index is -0.285. The molecule has 1 fully saturated rings. The molecule has 0 spiro atoms. The Bertz CT molecular complexity index is 870. The molecule has 0 saturated carbocycles. The second-order valence-electron chi connectivity index (χ2n) is 7.79. The number of halogens is 1. The number of anilines is 1. The van der Waals surface area contributed by atoms with E-state index < -0.39 is 0 Å². The first kappa shape index (κ1) is 22.3. The van der Waals surface area contributed by atoms with Crippen molar-refractivity contribution in [3.8, 4) is 5.75 Å². The summed E-state index contributed by atoms with van der Waals surface area (Å²) in [7, 11) is 0. The van der Waals surface area contributed by atoms with E-state index in [1.807, 2.05) is 12.1 Å². The SMILES string of the molecule is CC(C)N1CCC(CNC(=O)c2ccccc2OCC(=O)Nc2ccc(Br)cc2)C1. The molecule has 0 aromatic heterocycles. The number of ether oxygens (including phenoxy) is 1. The van der Waals surface area contributed by atoms with E-state index in [0.717, 1.165) is 24.0 Å². The van der Waals surface area contributed by atoms with Crippen molar-refractivity contribution < 1.29 is 14.3 Å². The number of carbonyl (C=O) groups is 2. The molecule has 30 heavy (non-hydrogen) atoms. The number of amides is 2. The predicted molar refractivity (Wildman–Crippen MR) is 122 cm³/mol. The van der Waals surface area contributed by atoms with Gasteiger partial charge in [0.25, 0.3) is 11.8 Å². The molecule has 0 bridgehead atoms. The van der Waals surface area contributed by atoms with Gasteiger partial charge in [0.05, 0.1) is 5.56 Å². The first-order valence-corrected chi connectivity index (χ1v) is 11.0. The van der Waals surface area contributed by atoms with E-state index in [-0.39, 0.29) is 18.4 Å². The van der Waals surface area contributed by atoms with Crippen LogP contribution in [0, 0.1) is 5.92 Å². The van der Waals surface area contributed by atoms with Gasteiger partial charge in [-0.15, -0.1) is 0 Å². The molecule has 1 atom stereocenters. The number of carbonyl (C=O) groups excluding carboxylic acids is 2. The van der Waals surface area contributed by atoms with Crippen molar-refractivity contribution in [3.05, 3.63) is 58.6 Å². The van der Waals surface area contributed by atoms with Crippen LogP contribution in [0.2, 0.25) is 0 Å². The van der Waals surface area contributed by atoms with Gasteiger partial charge >= 0.3 is 0 Å². The number of benzene rings is 2. The molecule has 0 aliphatic carbocycles. The fraction of sp³-hybridized carbons (Fsp3) is 0.391. The second-order valence-corrected chi connectivity index (χ2v) is 8.71. The van der Waals surface area contributed by atoms with E-state index in [1.54, 1.807) is 36.4 Å². The first-order chi connectivity index (χ1) is 14.4. The van der Waals surface area contributed by atoms with Gasteiger partial charge in [-0.05, 0) is 69.1 Å². The van der Waals surface area contributed by atoms with E-state index in [0.29, 0.717) is 35.5 Å². The van der Waals surface area contributed by atoms with Gasteiger partial charge in [-0.1, -0.05) is 28.1 Å². The van der Waals surface area contributed by atoms with E-state index in [1.165, 1.54) is 0 Å². The average molecular weight is 474 g/mol. The molecule has 1 aliphatic rings. The first-order valence-electron chi connectivity index (χ1n) is 10.2. The van der Waals surface area contributed by atoms with Crippen LogP contribution in [0.3, 0.4) is 0 Å². The molecule has 2 N–H and O–H groups in total. The number of para-hydroxylation sites is 1. The number of nitrogens with one attached hydrogen (secondary N) is 2. The van der Waals surface area contributed by atoms with Crippen LogP contribution in [0.5, 0.6) is 5.75 Å². The molecule has 2 aromatic carbocycles. The van der Waals surface area contributed by atoms with Crippen LogP contribution < -0.4 is 15.4 Å². The Kier molecular flexibility index (Phi) is 7.87. The lowest BCUT2D eigenvalue weighted by atomic mass is 10.1. The standard InChI is InChI=1S/C23H28BrN3O3/c1-16(2)27-12-11-17(14-27)13-25-23(29)20-5-3-4-6-21(20)30-15-22(28)26-19-9-7-18(24)8-10-19/h3-10,16-17H,11-15H2,1-2H3,(H,25,29)(H,26,28). The van der Waals surface area contributed by atoms with Crippen molar-refractivity contribution in [3.63, 3.8) is 0 Å². The maximum absolute atomic E-state index is 12.7. The highest BCUT2D eigenvalue weighted by Crippen LogP contribution is 2.20. The molecule has 3 rings (SSSR count). The number of hydrogen-bond donors (Lipinski definition) is 2. The van der Waals surface area contributed by atoms with Crippen LogP contribution in [0.1, 0.15) is 30.6 Å². The van der Waals surface area contributed by atoms with Gasteiger partial charge in [0.15, 0.2) is 6.61 Å². The Labute approximate surface area is 186 Å². The van der Waals surface area contributed by atoms with Crippen LogP contribution >= 0.6 is 15.9 Å². The van der Waals surface area contributed by atoms with Gasteiger partial charge < -0.3 is 20.3 Å². The lowest BCUT2D eigenvalue weighted by molar-refractivity contribution is -0.118. The van der Waals surface area contributed by atoms with Gasteiger partial charge in [-0.2, -0.15) is 0 Å². The number of rotatable bonds is 8. The van der Waals surface area contributed by atoms with Crippen molar-refractivity contribution in [2.75, 3.05) is 31.6 Å². The van der Waals surface area contributed by atoms with Gasteiger partial charge in [-0.25, -0.2) is 0 Å². The average Bonchev–Trinajstić information content (AvgIpc) is 3.22.